The molecule has 2 amide bonds. The highest BCUT2D eigenvalue weighted by Gasteiger charge is 2.23. The van der Waals surface area contributed by atoms with Crippen LogP contribution in [0.2, 0.25) is 0 Å². The van der Waals surface area contributed by atoms with Crippen molar-refractivity contribution in [3.8, 4) is 5.75 Å². The van der Waals surface area contributed by atoms with Crippen molar-refractivity contribution in [1.29, 1.82) is 0 Å². The number of rotatable bonds is 5. The monoisotopic (exact) mass is 290 g/mol. The van der Waals surface area contributed by atoms with Crippen LogP contribution in [0.3, 0.4) is 0 Å². The molecule has 1 heterocycles. The largest absolute Gasteiger partial charge is 0.508 e. The number of likely N-dealkylation sites (tertiary alicyclic amines) is 1. The van der Waals surface area contributed by atoms with Gasteiger partial charge in [-0.25, -0.2) is 0 Å². The number of aromatic hydroxyl groups is 1. The Morgan fingerprint density at radius 2 is 2.19 bits per heavy atom. The van der Waals surface area contributed by atoms with Crippen molar-refractivity contribution in [1.82, 2.24) is 4.90 Å². The highest BCUT2D eigenvalue weighted by Crippen LogP contribution is 2.22. The van der Waals surface area contributed by atoms with Crippen molar-refractivity contribution in [3.05, 3.63) is 29.8 Å². The van der Waals surface area contributed by atoms with E-state index in [4.69, 9.17) is 5.73 Å². The maximum absolute atomic E-state index is 12.3. The molecule has 1 saturated heterocycles. The number of primary amides is 1. The summed E-state index contributed by atoms with van der Waals surface area (Å²) >= 11 is 0. The van der Waals surface area contributed by atoms with Gasteiger partial charge in [-0.2, -0.15) is 0 Å². The number of hydrogen-bond acceptors (Lipinski definition) is 3. The van der Waals surface area contributed by atoms with E-state index in [2.05, 4.69) is 0 Å². The molecular formula is C16H22N2O3. The molecule has 5 nitrogen and oxygen atoms in total. The molecule has 3 N–H and O–H groups in total. The van der Waals surface area contributed by atoms with Gasteiger partial charge in [0.2, 0.25) is 11.8 Å². The van der Waals surface area contributed by atoms with Crippen LogP contribution in [-0.2, 0) is 16.0 Å². The number of nitrogens with two attached hydrogens (primary N) is 1. The fraction of sp³-hybridized carbons (Fsp3) is 0.500. The van der Waals surface area contributed by atoms with Crippen LogP contribution in [0.5, 0.6) is 5.75 Å². The molecule has 1 fully saturated rings. The summed E-state index contributed by atoms with van der Waals surface area (Å²) in [5.41, 5.74) is 6.00. The maximum Gasteiger partial charge on any atom is 0.227 e. The van der Waals surface area contributed by atoms with Gasteiger partial charge in [0.15, 0.2) is 0 Å². The van der Waals surface area contributed by atoms with Crippen LogP contribution >= 0.6 is 0 Å². The van der Waals surface area contributed by atoms with Crippen LogP contribution < -0.4 is 5.73 Å². The van der Waals surface area contributed by atoms with E-state index in [-0.39, 0.29) is 17.6 Å². The van der Waals surface area contributed by atoms with E-state index in [1.807, 2.05) is 11.0 Å². The van der Waals surface area contributed by atoms with E-state index in [9.17, 15) is 14.7 Å². The number of phenols is 1. The molecule has 1 aromatic rings. The van der Waals surface area contributed by atoms with Gasteiger partial charge >= 0.3 is 0 Å². The second-order valence-corrected chi connectivity index (χ2v) is 5.70. The normalized spacial score (nSPS) is 18.5. The standard InChI is InChI=1S/C16H22N2O3/c17-15(20)7-6-12-4-2-8-18(11-12)16(21)10-13-3-1-5-14(19)9-13/h1,3,5,9,12,19H,2,4,6-8,10-11H2,(H2,17,20). The maximum atomic E-state index is 12.3. The molecule has 1 aliphatic rings. The van der Waals surface area contributed by atoms with E-state index in [1.54, 1.807) is 18.2 Å². The number of amides is 2. The molecule has 0 saturated carbocycles. The zero-order chi connectivity index (χ0) is 15.2. The lowest BCUT2D eigenvalue weighted by atomic mass is 9.93. The molecule has 0 aliphatic carbocycles. The number of phenolic OH excluding ortho intramolecular Hbond substituents is 1. The van der Waals surface area contributed by atoms with Crippen LogP contribution in [0.15, 0.2) is 24.3 Å². The van der Waals surface area contributed by atoms with Crippen molar-refractivity contribution < 1.29 is 14.7 Å². The topological polar surface area (TPSA) is 83.6 Å². The summed E-state index contributed by atoms with van der Waals surface area (Å²) in [4.78, 5) is 25.0. The first-order valence-electron chi connectivity index (χ1n) is 7.38. The zero-order valence-corrected chi connectivity index (χ0v) is 12.1. The van der Waals surface area contributed by atoms with E-state index in [1.165, 1.54) is 0 Å². The van der Waals surface area contributed by atoms with Crippen LogP contribution in [-0.4, -0.2) is 34.9 Å². The SMILES string of the molecule is NC(=O)CCC1CCCN(C(=O)Cc2cccc(O)c2)C1. The van der Waals surface area contributed by atoms with Gasteiger partial charge in [-0.3, -0.25) is 9.59 Å². The molecule has 0 aromatic heterocycles. The Balaban J connectivity index is 1.88. The third-order valence-corrected chi connectivity index (χ3v) is 3.94. The van der Waals surface area contributed by atoms with Crippen molar-refractivity contribution in [3.63, 3.8) is 0 Å². The molecule has 1 aliphatic heterocycles. The van der Waals surface area contributed by atoms with E-state index in [0.717, 1.165) is 31.4 Å². The van der Waals surface area contributed by atoms with E-state index in [0.29, 0.717) is 25.3 Å². The van der Waals surface area contributed by atoms with E-state index < -0.39 is 0 Å². The number of carbonyl (C=O) groups is 2. The van der Waals surface area contributed by atoms with Gasteiger partial charge in [0.1, 0.15) is 5.75 Å². The smallest absolute Gasteiger partial charge is 0.227 e. The third-order valence-electron chi connectivity index (χ3n) is 3.94. The minimum Gasteiger partial charge on any atom is -0.508 e. The quantitative estimate of drug-likeness (QED) is 0.860. The first-order valence-corrected chi connectivity index (χ1v) is 7.38. The summed E-state index contributed by atoms with van der Waals surface area (Å²) < 4.78 is 0. The van der Waals surface area contributed by atoms with Gasteiger partial charge in [-0.15, -0.1) is 0 Å². The minimum absolute atomic E-state index is 0.0735. The Labute approximate surface area is 124 Å². The fourth-order valence-electron chi connectivity index (χ4n) is 2.83. The highest BCUT2D eigenvalue weighted by atomic mass is 16.3. The predicted octanol–water partition coefficient (Wildman–Crippen LogP) is 1.44. The molecule has 0 bridgehead atoms. The van der Waals surface area contributed by atoms with Crippen LogP contribution in [0.4, 0.5) is 0 Å². The van der Waals surface area contributed by atoms with Crippen molar-refractivity contribution in [2.45, 2.75) is 32.1 Å². The van der Waals surface area contributed by atoms with Gasteiger partial charge in [-0.1, -0.05) is 12.1 Å². The molecule has 2 rings (SSSR count). The van der Waals surface area contributed by atoms with Gasteiger partial charge in [0, 0.05) is 19.5 Å². The van der Waals surface area contributed by atoms with Crippen molar-refractivity contribution in [2.24, 2.45) is 11.7 Å². The molecule has 1 aromatic carbocycles. The van der Waals surface area contributed by atoms with Crippen molar-refractivity contribution >= 4 is 11.8 Å². The second-order valence-electron chi connectivity index (χ2n) is 5.70. The summed E-state index contributed by atoms with van der Waals surface area (Å²) in [6.07, 6.45) is 3.46. The Morgan fingerprint density at radius 3 is 2.90 bits per heavy atom. The predicted molar refractivity (Wildman–Crippen MR) is 79.5 cm³/mol. The van der Waals surface area contributed by atoms with E-state index >= 15 is 0 Å². The summed E-state index contributed by atoms with van der Waals surface area (Å²) in [5.74, 6) is 0.334. The Kier molecular flexibility index (Phi) is 5.20. The lowest BCUT2D eigenvalue weighted by Crippen LogP contribution is -2.40. The van der Waals surface area contributed by atoms with Gasteiger partial charge in [0.05, 0.1) is 6.42 Å². The molecule has 1 unspecified atom stereocenters. The molecule has 0 radical (unpaired) electrons. The molecule has 5 heteroatoms. The highest BCUT2D eigenvalue weighted by molar-refractivity contribution is 5.79. The number of hydrogen-bond donors (Lipinski definition) is 2. The minimum atomic E-state index is -0.279. The average molecular weight is 290 g/mol. The summed E-state index contributed by atoms with van der Waals surface area (Å²) in [5, 5.41) is 9.43. The van der Waals surface area contributed by atoms with Crippen LogP contribution in [0, 0.1) is 5.92 Å². The van der Waals surface area contributed by atoms with Gasteiger partial charge < -0.3 is 15.7 Å². The molecule has 0 spiro atoms. The first-order chi connectivity index (χ1) is 10.0. The third kappa shape index (κ3) is 4.77. The second kappa shape index (κ2) is 7.11. The van der Waals surface area contributed by atoms with Gasteiger partial charge in [0.25, 0.3) is 0 Å². The molecular weight excluding hydrogens is 268 g/mol. The summed E-state index contributed by atoms with van der Waals surface area (Å²) in [6.45, 7) is 1.47. The molecule has 1 atom stereocenters. The number of benzene rings is 1. The average Bonchev–Trinajstić information content (AvgIpc) is 2.45. The lowest BCUT2D eigenvalue weighted by Gasteiger charge is -2.32. The zero-order valence-electron chi connectivity index (χ0n) is 12.1. The van der Waals surface area contributed by atoms with Crippen LogP contribution in [0.1, 0.15) is 31.2 Å². The molecule has 114 valence electrons. The molecule has 21 heavy (non-hydrogen) atoms. The first kappa shape index (κ1) is 15.4. The number of piperidine rings is 1. The number of carbonyl (C=O) groups excluding carboxylic acids is 2. The summed E-state index contributed by atoms with van der Waals surface area (Å²) in [7, 11) is 0. The fourth-order valence-corrected chi connectivity index (χ4v) is 2.83. The van der Waals surface area contributed by atoms with Gasteiger partial charge in [-0.05, 0) is 42.9 Å². The Bertz CT molecular complexity index is 516. The van der Waals surface area contributed by atoms with Crippen LogP contribution in [0.25, 0.3) is 0 Å². The summed E-state index contributed by atoms with van der Waals surface area (Å²) in [6, 6.07) is 6.79. The Morgan fingerprint density at radius 1 is 1.38 bits per heavy atom. The Hall–Kier alpha value is -2.04. The lowest BCUT2D eigenvalue weighted by molar-refractivity contribution is -0.132. The number of nitrogens with zero attached hydrogens (tertiary/aromatic N) is 1. The van der Waals surface area contributed by atoms with Crippen molar-refractivity contribution in [2.75, 3.05) is 13.1 Å².